The van der Waals surface area contributed by atoms with Crippen LogP contribution < -0.4 is 10.1 Å². The zero-order chi connectivity index (χ0) is 22.4. The number of carbonyl (C=O) groups is 1. The van der Waals surface area contributed by atoms with Gasteiger partial charge in [0.2, 0.25) is 0 Å². The minimum absolute atomic E-state index is 0.277. The van der Waals surface area contributed by atoms with Crippen LogP contribution in [0.2, 0.25) is 0 Å². The van der Waals surface area contributed by atoms with E-state index in [1.165, 1.54) is 6.26 Å². The van der Waals surface area contributed by atoms with Gasteiger partial charge in [0, 0.05) is 10.6 Å². The van der Waals surface area contributed by atoms with Crippen LogP contribution in [-0.4, -0.2) is 23.9 Å². The Morgan fingerprint density at radius 2 is 1.77 bits per heavy atom. The molecular weight excluding hydrogens is 414 g/mol. The van der Waals surface area contributed by atoms with Crippen LogP contribution in [0.15, 0.2) is 75.1 Å². The van der Waals surface area contributed by atoms with Crippen LogP contribution in [0.25, 0.3) is 0 Å². The summed E-state index contributed by atoms with van der Waals surface area (Å²) in [5.41, 5.74) is 1.86. The van der Waals surface area contributed by atoms with E-state index in [1.807, 2.05) is 55.5 Å². The molecule has 0 amide bonds. The van der Waals surface area contributed by atoms with Gasteiger partial charge in [0.15, 0.2) is 0 Å². The summed E-state index contributed by atoms with van der Waals surface area (Å²) in [4.78, 5) is 13.7. The predicted molar refractivity (Wildman–Crippen MR) is 120 cm³/mol. The van der Waals surface area contributed by atoms with Crippen LogP contribution in [0.3, 0.4) is 0 Å². The van der Waals surface area contributed by atoms with Gasteiger partial charge >= 0.3 is 5.97 Å². The van der Waals surface area contributed by atoms with Crippen molar-refractivity contribution in [2.75, 3.05) is 19.0 Å². The molecule has 3 aromatic rings. The van der Waals surface area contributed by atoms with Crippen molar-refractivity contribution in [3.8, 4) is 5.75 Å². The average Bonchev–Trinajstić information content (AvgIpc) is 3.27. The van der Waals surface area contributed by atoms with E-state index in [0.717, 1.165) is 17.0 Å². The molecule has 6 nitrogen and oxygen atoms in total. The molecule has 1 aromatic heterocycles. The fourth-order valence-electron chi connectivity index (χ4n) is 3.17. The molecule has 164 valence electrons. The van der Waals surface area contributed by atoms with Crippen molar-refractivity contribution in [3.63, 3.8) is 0 Å². The molecule has 31 heavy (non-hydrogen) atoms. The van der Waals surface area contributed by atoms with Crippen molar-refractivity contribution in [1.29, 1.82) is 0 Å². The van der Waals surface area contributed by atoms with Gasteiger partial charge in [-0.05, 0) is 63.2 Å². The first-order valence-corrected chi connectivity index (χ1v) is 11.2. The van der Waals surface area contributed by atoms with Crippen molar-refractivity contribution < 1.29 is 22.9 Å². The van der Waals surface area contributed by atoms with Crippen molar-refractivity contribution in [2.24, 2.45) is 5.92 Å². The number of carbonyl (C=O) groups excluding carboxylic acids is 1. The summed E-state index contributed by atoms with van der Waals surface area (Å²) >= 11 is 0. The second-order valence-corrected chi connectivity index (χ2v) is 8.57. The standard InChI is InChI=1S/C24H27NO5S/c1-5-29-24(26)17(3)22(25-18-8-10-19(28-4)11-9-18)23-21(14-15-30-23)31(27)20-12-6-16(2)7-13-20/h6-15,17,22,25H,5H2,1-4H3/t17-,22+,31+/m1/s1. The summed E-state index contributed by atoms with van der Waals surface area (Å²) in [7, 11) is 0.142. The molecule has 0 bridgehead atoms. The second kappa shape index (κ2) is 10.3. The number of hydrogen-bond donors (Lipinski definition) is 1. The largest absolute Gasteiger partial charge is 0.497 e. The lowest BCUT2D eigenvalue weighted by Crippen LogP contribution is -2.27. The maximum absolute atomic E-state index is 13.3. The number of esters is 1. The molecule has 0 aliphatic carbocycles. The van der Waals surface area contributed by atoms with E-state index in [1.54, 1.807) is 27.0 Å². The minimum atomic E-state index is -1.46. The Bertz CT molecular complexity index is 1030. The molecule has 3 atom stereocenters. The summed E-state index contributed by atoms with van der Waals surface area (Å²) in [6.45, 7) is 5.78. The molecule has 7 heteroatoms. The van der Waals surface area contributed by atoms with Gasteiger partial charge in [-0.1, -0.05) is 17.7 Å². The van der Waals surface area contributed by atoms with Crippen LogP contribution in [0, 0.1) is 12.8 Å². The second-order valence-electron chi connectivity index (χ2n) is 7.12. The molecule has 2 aromatic carbocycles. The number of furan rings is 1. The zero-order valence-corrected chi connectivity index (χ0v) is 18.9. The number of methoxy groups -OCH3 is 1. The van der Waals surface area contributed by atoms with Crippen LogP contribution in [0.5, 0.6) is 5.75 Å². The average molecular weight is 442 g/mol. The maximum atomic E-state index is 13.3. The van der Waals surface area contributed by atoms with E-state index in [9.17, 15) is 9.00 Å². The van der Waals surface area contributed by atoms with E-state index in [2.05, 4.69) is 5.32 Å². The Labute approximate surface area is 185 Å². The van der Waals surface area contributed by atoms with E-state index in [0.29, 0.717) is 15.6 Å². The van der Waals surface area contributed by atoms with Gasteiger partial charge in [0.05, 0.1) is 47.6 Å². The van der Waals surface area contributed by atoms with E-state index in [-0.39, 0.29) is 12.6 Å². The molecule has 0 radical (unpaired) electrons. The van der Waals surface area contributed by atoms with Crippen molar-refractivity contribution >= 4 is 22.5 Å². The Hall–Kier alpha value is -3.06. The first-order valence-electron chi connectivity index (χ1n) is 10.1. The van der Waals surface area contributed by atoms with Gasteiger partial charge in [-0.25, -0.2) is 4.21 Å². The van der Waals surface area contributed by atoms with Gasteiger partial charge in [-0.15, -0.1) is 0 Å². The number of hydrogen-bond acceptors (Lipinski definition) is 6. The smallest absolute Gasteiger partial charge is 0.311 e. The van der Waals surface area contributed by atoms with Gasteiger partial charge in [0.25, 0.3) is 0 Å². The highest BCUT2D eigenvalue weighted by atomic mass is 32.2. The van der Waals surface area contributed by atoms with Crippen LogP contribution in [0.1, 0.15) is 31.2 Å². The van der Waals surface area contributed by atoms with Crippen LogP contribution in [0.4, 0.5) is 5.69 Å². The molecule has 0 spiro atoms. The molecule has 0 saturated heterocycles. The molecule has 0 aliphatic heterocycles. The van der Waals surface area contributed by atoms with E-state index >= 15 is 0 Å². The lowest BCUT2D eigenvalue weighted by atomic mass is 9.99. The van der Waals surface area contributed by atoms with Crippen molar-refractivity contribution in [2.45, 2.75) is 36.6 Å². The van der Waals surface area contributed by atoms with E-state index in [4.69, 9.17) is 13.9 Å². The number of ether oxygens (including phenoxy) is 2. The Kier molecular flexibility index (Phi) is 7.52. The summed E-state index contributed by atoms with van der Waals surface area (Å²) < 4.78 is 29.5. The number of benzene rings is 2. The van der Waals surface area contributed by atoms with Gasteiger partial charge < -0.3 is 19.2 Å². The van der Waals surface area contributed by atoms with Gasteiger partial charge in [0.1, 0.15) is 11.5 Å². The molecule has 3 rings (SSSR count). The lowest BCUT2D eigenvalue weighted by Gasteiger charge is -2.24. The highest BCUT2D eigenvalue weighted by molar-refractivity contribution is 7.85. The monoisotopic (exact) mass is 441 g/mol. The topological polar surface area (TPSA) is 77.8 Å². The number of rotatable bonds is 9. The quantitative estimate of drug-likeness (QED) is 0.465. The first kappa shape index (κ1) is 22.6. The molecule has 1 N–H and O–H groups in total. The molecule has 0 unspecified atom stereocenters. The Morgan fingerprint density at radius 1 is 1.10 bits per heavy atom. The van der Waals surface area contributed by atoms with E-state index < -0.39 is 22.8 Å². The van der Waals surface area contributed by atoms with Crippen molar-refractivity contribution in [1.82, 2.24) is 0 Å². The summed E-state index contributed by atoms with van der Waals surface area (Å²) in [6.07, 6.45) is 1.50. The first-order chi connectivity index (χ1) is 14.9. The molecule has 0 aliphatic rings. The fraction of sp³-hybridized carbons (Fsp3) is 0.292. The Balaban J connectivity index is 1.97. The summed E-state index contributed by atoms with van der Waals surface area (Å²) in [6, 6.07) is 16.0. The van der Waals surface area contributed by atoms with Gasteiger partial charge in [-0.3, -0.25) is 4.79 Å². The highest BCUT2D eigenvalue weighted by Crippen LogP contribution is 2.34. The van der Waals surface area contributed by atoms with Gasteiger partial charge in [-0.2, -0.15) is 0 Å². The third-order valence-electron chi connectivity index (χ3n) is 4.95. The highest BCUT2D eigenvalue weighted by Gasteiger charge is 2.32. The van der Waals surface area contributed by atoms with Crippen LogP contribution >= 0.6 is 0 Å². The number of nitrogens with one attached hydrogen (secondary N) is 1. The SMILES string of the molecule is CCOC(=O)[C@H](C)[C@H](Nc1ccc(OC)cc1)c1occc1[S@@](=O)c1ccc(C)cc1. The summed E-state index contributed by atoms with van der Waals surface area (Å²) in [5, 5.41) is 3.34. The predicted octanol–water partition coefficient (Wildman–Crippen LogP) is 5.12. The number of anilines is 1. The molecular formula is C24H27NO5S. The molecule has 0 fully saturated rings. The minimum Gasteiger partial charge on any atom is -0.497 e. The third-order valence-corrected chi connectivity index (χ3v) is 6.38. The molecule has 0 saturated carbocycles. The third kappa shape index (κ3) is 5.35. The summed E-state index contributed by atoms with van der Waals surface area (Å²) in [5.74, 6) is 0.217. The zero-order valence-electron chi connectivity index (χ0n) is 18.1. The van der Waals surface area contributed by atoms with Crippen molar-refractivity contribution in [3.05, 3.63) is 72.2 Å². The Morgan fingerprint density at radius 3 is 2.39 bits per heavy atom. The fourth-order valence-corrected chi connectivity index (χ4v) is 4.35. The maximum Gasteiger partial charge on any atom is 0.311 e. The lowest BCUT2D eigenvalue weighted by molar-refractivity contribution is -0.148. The number of aryl methyl sites for hydroxylation is 1. The molecule has 1 heterocycles. The normalized spacial score (nSPS) is 13.8. The van der Waals surface area contributed by atoms with Crippen LogP contribution in [-0.2, 0) is 20.3 Å².